The summed E-state index contributed by atoms with van der Waals surface area (Å²) in [5.74, 6) is -0.709. The molecule has 0 unspecified atom stereocenters. The predicted octanol–water partition coefficient (Wildman–Crippen LogP) is 4.54. The first-order valence-electron chi connectivity index (χ1n) is 12.6. The molecule has 4 rings (SSSR count). The van der Waals surface area contributed by atoms with E-state index in [1.54, 1.807) is 29.6 Å². The number of nitro benzene ring substituents is 1. The fourth-order valence-corrected chi connectivity index (χ4v) is 5.73. The van der Waals surface area contributed by atoms with E-state index in [4.69, 9.17) is 4.99 Å². The summed E-state index contributed by atoms with van der Waals surface area (Å²) in [6.45, 7) is 5.74. The Morgan fingerprint density at radius 2 is 1.90 bits per heavy atom. The number of aliphatic imine (C=N–C) groups is 1. The molecule has 2 atom stereocenters. The molecule has 2 aromatic carbocycles. The molecular formula is C27H30N6O5S. The molecule has 0 bridgehead atoms. The number of thioether (sulfide) groups is 1. The van der Waals surface area contributed by atoms with Crippen molar-refractivity contribution in [3.63, 3.8) is 0 Å². The zero-order valence-corrected chi connectivity index (χ0v) is 23.0. The Hall–Kier alpha value is -4.19. The number of amidine groups is 1. The van der Waals surface area contributed by atoms with Gasteiger partial charge in [-0.3, -0.25) is 34.1 Å². The number of nitrogens with one attached hydrogen (secondary N) is 1. The first-order valence-corrected chi connectivity index (χ1v) is 13.5. The van der Waals surface area contributed by atoms with Gasteiger partial charge in [-0.2, -0.15) is 0 Å². The number of amides is 2. The van der Waals surface area contributed by atoms with Crippen LogP contribution in [-0.4, -0.2) is 47.5 Å². The summed E-state index contributed by atoms with van der Waals surface area (Å²) in [4.78, 5) is 56.5. The molecule has 0 radical (unpaired) electrons. The Labute approximate surface area is 229 Å². The Bertz CT molecular complexity index is 1500. The van der Waals surface area contributed by atoms with Crippen LogP contribution < -0.4 is 10.9 Å². The topological polar surface area (TPSA) is 132 Å². The first-order chi connectivity index (χ1) is 18.6. The van der Waals surface area contributed by atoms with Crippen molar-refractivity contribution in [1.82, 2.24) is 14.3 Å². The van der Waals surface area contributed by atoms with E-state index in [9.17, 15) is 24.5 Å². The van der Waals surface area contributed by atoms with Crippen molar-refractivity contribution in [3.05, 3.63) is 80.8 Å². The number of nitro groups is 1. The zero-order valence-electron chi connectivity index (χ0n) is 22.2. The smallest absolute Gasteiger partial charge is 0.297 e. The Morgan fingerprint density at radius 3 is 2.56 bits per heavy atom. The molecule has 39 heavy (non-hydrogen) atoms. The summed E-state index contributed by atoms with van der Waals surface area (Å²) in [6, 6.07) is 14.7. The fraction of sp³-hybridized carbons (Fsp3) is 0.333. The van der Waals surface area contributed by atoms with E-state index in [1.165, 1.54) is 22.9 Å². The van der Waals surface area contributed by atoms with Gasteiger partial charge >= 0.3 is 0 Å². The molecule has 204 valence electrons. The van der Waals surface area contributed by atoms with Crippen molar-refractivity contribution in [2.24, 2.45) is 12.0 Å². The third-order valence-corrected chi connectivity index (χ3v) is 7.71. The molecule has 3 aromatic rings. The van der Waals surface area contributed by atoms with Crippen LogP contribution in [-0.2, 0) is 16.6 Å². The van der Waals surface area contributed by atoms with Gasteiger partial charge in [0.1, 0.15) is 5.25 Å². The highest BCUT2D eigenvalue weighted by Crippen LogP contribution is 2.34. The maximum atomic E-state index is 13.5. The molecule has 1 N–H and O–H groups in total. The standard InChI is InChI=1S/C27H30N6O5S/c1-5-10-17(2)31-25(35)22(16-23(34)28-19-11-9-14-21(15-19)33(37)38)39-27(31)29-24-18(3)30(4)32(26(24)36)20-12-7-6-8-13-20/h6-9,11-15,17,22H,5,10,16H2,1-4H3,(H,28,34)/t17-,22-/m0/s1. The summed E-state index contributed by atoms with van der Waals surface area (Å²) >= 11 is 1.15. The lowest BCUT2D eigenvalue weighted by Gasteiger charge is -2.24. The van der Waals surface area contributed by atoms with E-state index >= 15 is 0 Å². The lowest BCUT2D eigenvalue weighted by molar-refractivity contribution is -0.384. The number of benzene rings is 2. The second-order valence-corrected chi connectivity index (χ2v) is 10.5. The molecule has 0 spiro atoms. The van der Waals surface area contributed by atoms with Crippen LogP contribution in [0.1, 0.15) is 38.8 Å². The van der Waals surface area contributed by atoms with Crippen molar-refractivity contribution in [1.29, 1.82) is 0 Å². The van der Waals surface area contributed by atoms with Gasteiger partial charge in [0, 0.05) is 37.3 Å². The van der Waals surface area contributed by atoms with Gasteiger partial charge in [-0.1, -0.05) is 49.4 Å². The van der Waals surface area contributed by atoms with Crippen LogP contribution in [0.25, 0.3) is 5.69 Å². The quantitative estimate of drug-likeness (QED) is 0.307. The van der Waals surface area contributed by atoms with E-state index < -0.39 is 16.1 Å². The number of para-hydroxylation sites is 1. The number of anilines is 1. The maximum Gasteiger partial charge on any atom is 0.297 e. The first kappa shape index (κ1) is 27.8. The molecule has 12 heteroatoms. The SMILES string of the molecule is CCC[C@H](C)N1C(=O)[C@H](CC(=O)Nc2cccc([N+](=O)[O-])c2)SC1=Nc1c(C)n(C)n(-c2ccccc2)c1=O. The molecule has 2 heterocycles. The van der Waals surface area contributed by atoms with Gasteiger partial charge in [0.2, 0.25) is 11.8 Å². The second-order valence-electron chi connectivity index (χ2n) is 9.32. The number of carbonyl (C=O) groups excluding carboxylic acids is 2. The molecule has 0 saturated carbocycles. The lowest BCUT2D eigenvalue weighted by atomic mass is 10.1. The molecule has 2 amide bonds. The normalized spacial score (nSPS) is 17.0. The summed E-state index contributed by atoms with van der Waals surface area (Å²) in [6.07, 6.45) is 1.41. The second kappa shape index (κ2) is 11.7. The molecule has 11 nitrogen and oxygen atoms in total. The fourth-order valence-electron chi connectivity index (χ4n) is 4.50. The minimum Gasteiger partial charge on any atom is -0.326 e. The molecule has 1 saturated heterocycles. The van der Waals surface area contributed by atoms with Crippen LogP contribution in [0.5, 0.6) is 0 Å². The third-order valence-electron chi connectivity index (χ3n) is 6.56. The summed E-state index contributed by atoms with van der Waals surface area (Å²) in [7, 11) is 1.78. The molecular weight excluding hydrogens is 520 g/mol. The average molecular weight is 551 g/mol. The summed E-state index contributed by atoms with van der Waals surface area (Å²) in [5.41, 5.74) is 1.38. The highest BCUT2D eigenvalue weighted by Gasteiger charge is 2.41. The van der Waals surface area contributed by atoms with E-state index in [-0.39, 0.29) is 41.0 Å². The van der Waals surface area contributed by atoms with E-state index in [2.05, 4.69) is 5.32 Å². The van der Waals surface area contributed by atoms with E-state index in [0.29, 0.717) is 16.5 Å². The number of aromatic nitrogens is 2. The molecule has 1 aliphatic heterocycles. The minimum absolute atomic E-state index is 0.146. The Morgan fingerprint density at radius 1 is 1.18 bits per heavy atom. The lowest BCUT2D eigenvalue weighted by Crippen LogP contribution is -2.40. The van der Waals surface area contributed by atoms with Gasteiger partial charge in [-0.25, -0.2) is 9.67 Å². The number of hydrogen-bond donors (Lipinski definition) is 1. The molecule has 0 aliphatic carbocycles. The van der Waals surface area contributed by atoms with Crippen LogP contribution in [0.15, 0.2) is 64.4 Å². The highest BCUT2D eigenvalue weighted by molar-refractivity contribution is 8.15. The Kier molecular flexibility index (Phi) is 8.34. The maximum absolute atomic E-state index is 13.5. The average Bonchev–Trinajstić information content (AvgIpc) is 3.32. The number of nitrogens with zero attached hydrogens (tertiary/aromatic N) is 5. The van der Waals surface area contributed by atoms with Gasteiger partial charge in [0.15, 0.2) is 10.9 Å². The third kappa shape index (κ3) is 5.80. The molecule has 1 fully saturated rings. The zero-order chi connectivity index (χ0) is 28.3. The van der Waals surface area contributed by atoms with Gasteiger partial charge in [0.25, 0.3) is 11.2 Å². The van der Waals surface area contributed by atoms with Crippen LogP contribution in [0.3, 0.4) is 0 Å². The van der Waals surface area contributed by atoms with Crippen LogP contribution in [0.4, 0.5) is 17.1 Å². The number of hydrogen-bond acceptors (Lipinski definition) is 7. The number of non-ortho nitro benzene ring substituents is 1. The van der Waals surface area contributed by atoms with Gasteiger partial charge in [-0.15, -0.1) is 0 Å². The van der Waals surface area contributed by atoms with Gasteiger partial charge in [-0.05, 0) is 38.5 Å². The Balaban J connectivity index is 1.63. The van der Waals surface area contributed by atoms with Crippen molar-refractivity contribution < 1.29 is 14.5 Å². The molecule has 1 aromatic heterocycles. The predicted molar refractivity (Wildman–Crippen MR) is 152 cm³/mol. The molecule has 1 aliphatic rings. The van der Waals surface area contributed by atoms with Crippen molar-refractivity contribution in [2.45, 2.75) is 51.3 Å². The van der Waals surface area contributed by atoms with E-state index in [1.807, 2.05) is 44.2 Å². The summed E-state index contributed by atoms with van der Waals surface area (Å²) in [5, 5.41) is 13.3. The van der Waals surface area contributed by atoms with Crippen LogP contribution in [0, 0.1) is 17.0 Å². The van der Waals surface area contributed by atoms with E-state index in [0.717, 1.165) is 24.6 Å². The van der Waals surface area contributed by atoms with Crippen molar-refractivity contribution in [2.75, 3.05) is 5.32 Å². The largest absolute Gasteiger partial charge is 0.326 e. The van der Waals surface area contributed by atoms with Gasteiger partial charge in [0.05, 0.1) is 16.3 Å². The van der Waals surface area contributed by atoms with Crippen molar-refractivity contribution in [3.8, 4) is 5.69 Å². The van der Waals surface area contributed by atoms with Crippen molar-refractivity contribution >= 4 is 45.8 Å². The van der Waals surface area contributed by atoms with Crippen LogP contribution >= 0.6 is 11.8 Å². The number of rotatable bonds is 9. The number of carbonyl (C=O) groups is 2. The highest BCUT2D eigenvalue weighted by atomic mass is 32.2. The van der Waals surface area contributed by atoms with Crippen LogP contribution in [0.2, 0.25) is 0 Å². The van der Waals surface area contributed by atoms with Gasteiger partial charge < -0.3 is 5.32 Å². The minimum atomic E-state index is -0.748. The monoisotopic (exact) mass is 550 g/mol. The summed E-state index contributed by atoms with van der Waals surface area (Å²) < 4.78 is 3.25.